The van der Waals surface area contributed by atoms with Crippen LogP contribution in [0, 0.1) is 0 Å². The second-order valence-electron chi connectivity index (χ2n) is 4.98. The highest BCUT2D eigenvalue weighted by Crippen LogP contribution is 2.18. The summed E-state index contributed by atoms with van der Waals surface area (Å²) in [6.07, 6.45) is 2.79. The van der Waals surface area contributed by atoms with E-state index in [1.54, 1.807) is 17.5 Å². The molecule has 1 amide bonds. The van der Waals surface area contributed by atoms with E-state index < -0.39 is 0 Å². The van der Waals surface area contributed by atoms with E-state index >= 15 is 0 Å². The van der Waals surface area contributed by atoms with Crippen LogP contribution < -0.4 is 10.6 Å². The second-order valence-corrected chi connectivity index (χ2v) is 5.90. The predicted octanol–water partition coefficient (Wildman–Crippen LogP) is 2.28. The van der Waals surface area contributed by atoms with Gasteiger partial charge >= 0.3 is 0 Å². The number of aromatic nitrogens is 1. The van der Waals surface area contributed by atoms with Gasteiger partial charge in [-0.05, 0) is 43.1 Å². The zero-order valence-electron chi connectivity index (χ0n) is 11.3. The average Bonchev–Trinajstić information content (AvgIpc) is 3.01. The van der Waals surface area contributed by atoms with Gasteiger partial charge in [0.1, 0.15) is 5.01 Å². The second kappa shape index (κ2) is 5.73. The molecule has 0 bridgehead atoms. The number of benzene rings is 1. The smallest absolute Gasteiger partial charge is 0.251 e. The van der Waals surface area contributed by atoms with Crippen molar-refractivity contribution in [2.75, 3.05) is 6.54 Å². The fraction of sp³-hybridized carbons (Fsp3) is 0.333. The normalized spacial score (nSPS) is 15.4. The average molecular weight is 287 g/mol. The Morgan fingerprint density at radius 2 is 2.35 bits per heavy atom. The van der Waals surface area contributed by atoms with Gasteiger partial charge in [-0.1, -0.05) is 6.07 Å². The van der Waals surface area contributed by atoms with E-state index in [1.165, 1.54) is 11.1 Å². The van der Waals surface area contributed by atoms with Gasteiger partial charge < -0.3 is 10.6 Å². The SMILES string of the molecule is CC(NC(=O)c1ccc2c(c1)CNCC2)c1nccs1. The minimum Gasteiger partial charge on any atom is -0.343 e. The first-order valence-electron chi connectivity index (χ1n) is 6.77. The molecule has 0 saturated heterocycles. The molecule has 1 aliphatic heterocycles. The molecular formula is C15H17N3OS. The number of carbonyl (C=O) groups is 1. The third-order valence-electron chi connectivity index (χ3n) is 3.52. The molecule has 20 heavy (non-hydrogen) atoms. The lowest BCUT2D eigenvalue weighted by atomic mass is 9.98. The lowest BCUT2D eigenvalue weighted by Gasteiger charge is -2.18. The number of thiazole rings is 1. The molecule has 1 aromatic heterocycles. The van der Waals surface area contributed by atoms with Gasteiger partial charge in [0.15, 0.2) is 0 Å². The van der Waals surface area contributed by atoms with Crippen LogP contribution in [-0.2, 0) is 13.0 Å². The molecule has 2 aromatic rings. The molecule has 1 atom stereocenters. The number of carbonyl (C=O) groups excluding carboxylic acids is 1. The van der Waals surface area contributed by atoms with E-state index in [1.807, 2.05) is 24.4 Å². The Kier molecular flexibility index (Phi) is 3.80. The molecule has 3 rings (SSSR count). The fourth-order valence-corrected chi connectivity index (χ4v) is 3.06. The number of nitrogens with zero attached hydrogens (tertiary/aromatic N) is 1. The quantitative estimate of drug-likeness (QED) is 0.910. The summed E-state index contributed by atoms with van der Waals surface area (Å²) in [6, 6.07) is 5.91. The molecule has 2 N–H and O–H groups in total. The topological polar surface area (TPSA) is 54.0 Å². The van der Waals surface area contributed by atoms with Crippen molar-refractivity contribution in [2.45, 2.75) is 25.9 Å². The number of fused-ring (bicyclic) bond motifs is 1. The molecule has 1 unspecified atom stereocenters. The van der Waals surface area contributed by atoms with Crippen molar-refractivity contribution in [3.05, 3.63) is 51.5 Å². The van der Waals surface area contributed by atoms with Crippen LogP contribution in [0.25, 0.3) is 0 Å². The Bertz CT molecular complexity index is 610. The molecule has 104 valence electrons. The molecule has 0 radical (unpaired) electrons. The molecule has 1 aliphatic rings. The van der Waals surface area contributed by atoms with Crippen LogP contribution in [0.15, 0.2) is 29.8 Å². The maximum absolute atomic E-state index is 12.3. The van der Waals surface area contributed by atoms with Crippen LogP contribution in [0.2, 0.25) is 0 Å². The summed E-state index contributed by atoms with van der Waals surface area (Å²) in [6.45, 7) is 3.81. The minimum atomic E-state index is -0.0587. The predicted molar refractivity (Wildman–Crippen MR) is 79.8 cm³/mol. The van der Waals surface area contributed by atoms with Gasteiger partial charge in [-0.2, -0.15) is 0 Å². The summed E-state index contributed by atoms with van der Waals surface area (Å²) in [5, 5.41) is 9.17. The van der Waals surface area contributed by atoms with Gasteiger partial charge in [0.25, 0.3) is 5.91 Å². The number of hydrogen-bond donors (Lipinski definition) is 2. The van der Waals surface area contributed by atoms with Crippen LogP contribution in [0.1, 0.15) is 39.5 Å². The Hall–Kier alpha value is -1.72. The minimum absolute atomic E-state index is 0.0407. The molecule has 0 fully saturated rings. The molecular weight excluding hydrogens is 270 g/mol. The highest BCUT2D eigenvalue weighted by Gasteiger charge is 2.15. The van der Waals surface area contributed by atoms with Crippen molar-refractivity contribution in [3.8, 4) is 0 Å². The van der Waals surface area contributed by atoms with Crippen molar-refractivity contribution in [3.63, 3.8) is 0 Å². The van der Waals surface area contributed by atoms with Crippen LogP contribution in [0.4, 0.5) is 0 Å². The molecule has 1 aromatic carbocycles. The zero-order valence-corrected chi connectivity index (χ0v) is 12.2. The summed E-state index contributed by atoms with van der Waals surface area (Å²) < 4.78 is 0. The largest absolute Gasteiger partial charge is 0.343 e. The summed E-state index contributed by atoms with van der Waals surface area (Å²) in [4.78, 5) is 16.5. The molecule has 5 heteroatoms. The third-order valence-corrected chi connectivity index (χ3v) is 4.48. The van der Waals surface area contributed by atoms with Gasteiger partial charge in [0, 0.05) is 23.7 Å². The maximum atomic E-state index is 12.3. The highest BCUT2D eigenvalue weighted by molar-refractivity contribution is 7.09. The van der Waals surface area contributed by atoms with Gasteiger partial charge in [-0.3, -0.25) is 4.79 Å². The van der Waals surface area contributed by atoms with E-state index in [0.717, 1.165) is 30.1 Å². The fourth-order valence-electron chi connectivity index (χ4n) is 2.41. The maximum Gasteiger partial charge on any atom is 0.251 e. The number of hydrogen-bond acceptors (Lipinski definition) is 4. The van der Waals surface area contributed by atoms with Gasteiger partial charge in [0.2, 0.25) is 0 Å². The lowest BCUT2D eigenvalue weighted by molar-refractivity contribution is 0.0939. The first-order valence-corrected chi connectivity index (χ1v) is 7.65. The Morgan fingerprint density at radius 3 is 3.15 bits per heavy atom. The van der Waals surface area contributed by atoms with Crippen LogP contribution in [-0.4, -0.2) is 17.4 Å². The van der Waals surface area contributed by atoms with Crippen LogP contribution >= 0.6 is 11.3 Å². The molecule has 0 saturated carbocycles. The zero-order chi connectivity index (χ0) is 13.9. The Balaban J connectivity index is 1.74. The monoisotopic (exact) mass is 287 g/mol. The van der Waals surface area contributed by atoms with Gasteiger partial charge in [-0.15, -0.1) is 11.3 Å². The molecule has 2 heterocycles. The van der Waals surface area contributed by atoms with Gasteiger partial charge in [-0.25, -0.2) is 4.98 Å². The van der Waals surface area contributed by atoms with E-state index in [9.17, 15) is 4.79 Å². The summed E-state index contributed by atoms with van der Waals surface area (Å²) >= 11 is 1.56. The first kappa shape index (κ1) is 13.3. The van der Waals surface area contributed by atoms with Crippen LogP contribution in [0.5, 0.6) is 0 Å². The van der Waals surface area contributed by atoms with Crippen LogP contribution in [0.3, 0.4) is 0 Å². The number of nitrogens with one attached hydrogen (secondary N) is 2. The van der Waals surface area contributed by atoms with Crippen molar-refractivity contribution in [1.29, 1.82) is 0 Å². The number of amides is 1. The Labute approximate surface area is 122 Å². The first-order chi connectivity index (χ1) is 9.74. The van der Waals surface area contributed by atoms with E-state index in [-0.39, 0.29) is 11.9 Å². The third kappa shape index (κ3) is 2.73. The van der Waals surface area contributed by atoms with E-state index in [4.69, 9.17) is 0 Å². The van der Waals surface area contributed by atoms with Gasteiger partial charge in [0.05, 0.1) is 6.04 Å². The Morgan fingerprint density at radius 1 is 1.45 bits per heavy atom. The summed E-state index contributed by atoms with van der Waals surface area (Å²) in [5.74, 6) is -0.0407. The number of rotatable bonds is 3. The van der Waals surface area contributed by atoms with Crippen molar-refractivity contribution < 1.29 is 4.79 Å². The van der Waals surface area contributed by atoms with E-state index in [2.05, 4.69) is 21.7 Å². The highest BCUT2D eigenvalue weighted by atomic mass is 32.1. The van der Waals surface area contributed by atoms with E-state index in [0.29, 0.717) is 0 Å². The summed E-state index contributed by atoms with van der Waals surface area (Å²) in [5.41, 5.74) is 3.29. The lowest BCUT2D eigenvalue weighted by Crippen LogP contribution is -2.28. The van der Waals surface area contributed by atoms with Crippen molar-refractivity contribution >= 4 is 17.2 Å². The van der Waals surface area contributed by atoms with Crippen molar-refractivity contribution in [1.82, 2.24) is 15.6 Å². The molecule has 0 aliphatic carbocycles. The molecule has 0 spiro atoms. The van der Waals surface area contributed by atoms with Crippen molar-refractivity contribution in [2.24, 2.45) is 0 Å². The standard InChI is InChI=1S/C15H17N3OS/c1-10(15-17-6-7-20-15)18-14(19)12-3-2-11-4-5-16-9-13(11)8-12/h2-3,6-8,10,16H,4-5,9H2,1H3,(H,18,19). The summed E-state index contributed by atoms with van der Waals surface area (Å²) in [7, 11) is 0. The molecule has 4 nitrogen and oxygen atoms in total.